The molecule has 2 heterocycles. The summed E-state index contributed by atoms with van der Waals surface area (Å²) in [4.78, 5) is 16.0. The van der Waals surface area contributed by atoms with Crippen LogP contribution in [0.5, 0.6) is 0 Å². The zero-order valence-electron chi connectivity index (χ0n) is 19.1. The topological polar surface area (TPSA) is 87.6 Å². The molecule has 0 amide bonds. The molecule has 0 spiro atoms. The van der Waals surface area contributed by atoms with E-state index in [0.29, 0.717) is 38.3 Å². The number of nitrogens with zero attached hydrogens (tertiary/aromatic N) is 2. The van der Waals surface area contributed by atoms with Crippen LogP contribution in [0.15, 0.2) is 77.7 Å². The summed E-state index contributed by atoms with van der Waals surface area (Å²) < 4.78 is 42.2. The molecular weight excluding hydrogens is 503 g/mol. The van der Waals surface area contributed by atoms with Crippen LogP contribution in [0, 0.1) is 11.7 Å². The van der Waals surface area contributed by atoms with Crippen LogP contribution in [-0.2, 0) is 14.8 Å². The summed E-state index contributed by atoms with van der Waals surface area (Å²) in [5.74, 6) is -1.78. The average molecular weight is 525 g/mol. The number of halogens is 2. The van der Waals surface area contributed by atoms with Crippen LogP contribution in [0.25, 0.3) is 33.3 Å². The van der Waals surface area contributed by atoms with Crippen LogP contribution >= 0.6 is 11.6 Å². The molecule has 1 fully saturated rings. The van der Waals surface area contributed by atoms with Crippen LogP contribution in [-0.4, -0.2) is 41.9 Å². The first-order valence-corrected chi connectivity index (χ1v) is 13.2. The minimum absolute atomic E-state index is 0.127. The minimum atomic E-state index is -3.75. The van der Waals surface area contributed by atoms with Crippen molar-refractivity contribution in [2.75, 3.05) is 13.1 Å². The van der Waals surface area contributed by atoms with E-state index in [0.717, 1.165) is 0 Å². The standard InChI is InChI=1S/C27H22ClFN2O4S/c28-19-7-10-25-23(15-19)22(21-3-1-2-4-24(21)29)16-26(30-25)17-5-8-20(9-6-17)36(34,35)31-13-11-18(12-14-31)27(32)33/h1-10,15-16,18H,11-14H2,(H,32,33). The van der Waals surface area contributed by atoms with E-state index in [1.54, 1.807) is 54.6 Å². The van der Waals surface area contributed by atoms with Crippen molar-refractivity contribution < 1.29 is 22.7 Å². The Bertz CT molecular complexity index is 1570. The van der Waals surface area contributed by atoms with Crippen LogP contribution in [0.2, 0.25) is 5.02 Å². The summed E-state index contributed by atoms with van der Waals surface area (Å²) in [5.41, 5.74) is 2.92. The number of pyridine rings is 1. The highest BCUT2D eigenvalue weighted by Gasteiger charge is 2.32. The lowest BCUT2D eigenvalue weighted by molar-refractivity contribution is -0.142. The Morgan fingerprint density at radius 1 is 0.972 bits per heavy atom. The molecule has 4 aromatic rings. The minimum Gasteiger partial charge on any atom is -0.481 e. The molecule has 36 heavy (non-hydrogen) atoms. The summed E-state index contributed by atoms with van der Waals surface area (Å²) in [7, 11) is -3.75. The number of carbonyl (C=O) groups is 1. The molecule has 3 aromatic carbocycles. The van der Waals surface area contributed by atoms with Gasteiger partial charge in [-0.15, -0.1) is 0 Å². The molecular formula is C27H22ClFN2O4S. The highest BCUT2D eigenvalue weighted by Crippen LogP contribution is 2.35. The van der Waals surface area contributed by atoms with Crippen molar-refractivity contribution in [1.82, 2.24) is 9.29 Å². The Morgan fingerprint density at radius 3 is 2.33 bits per heavy atom. The molecule has 1 N–H and O–H groups in total. The van der Waals surface area contributed by atoms with Gasteiger partial charge in [-0.1, -0.05) is 41.9 Å². The number of carboxylic acids is 1. The second-order valence-corrected chi connectivity index (χ2v) is 11.1. The van der Waals surface area contributed by atoms with Gasteiger partial charge in [-0.2, -0.15) is 4.31 Å². The highest BCUT2D eigenvalue weighted by molar-refractivity contribution is 7.89. The van der Waals surface area contributed by atoms with Gasteiger partial charge in [0.15, 0.2) is 0 Å². The zero-order chi connectivity index (χ0) is 25.4. The second kappa shape index (κ2) is 9.61. The van der Waals surface area contributed by atoms with E-state index in [1.807, 2.05) is 0 Å². The van der Waals surface area contributed by atoms with Crippen LogP contribution in [0.4, 0.5) is 4.39 Å². The average Bonchev–Trinajstić information content (AvgIpc) is 2.88. The molecule has 0 atom stereocenters. The van der Waals surface area contributed by atoms with Gasteiger partial charge in [-0.05, 0) is 60.9 Å². The van der Waals surface area contributed by atoms with Gasteiger partial charge in [0.1, 0.15) is 5.82 Å². The molecule has 0 radical (unpaired) electrons. The van der Waals surface area contributed by atoms with E-state index >= 15 is 0 Å². The maximum Gasteiger partial charge on any atom is 0.306 e. The number of sulfonamides is 1. The number of rotatable bonds is 5. The number of carboxylic acid groups (broad SMARTS) is 1. The number of aromatic nitrogens is 1. The monoisotopic (exact) mass is 524 g/mol. The van der Waals surface area contributed by atoms with E-state index in [1.165, 1.54) is 22.5 Å². The largest absolute Gasteiger partial charge is 0.481 e. The molecule has 184 valence electrons. The molecule has 1 aromatic heterocycles. The smallest absolute Gasteiger partial charge is 0.306 e. The Labute approximate surface area is 213 Å². The lowest BCUT2D eigenvalue weighted by atomic mass is 9.98. The van der Waals surface area contributed by atoms with Crippen LogP contribution in [0.1, 0.15) is 12.8 Å². The highest BCUT2D eigenvalue weighted by atomic mass is 35.5. The maximum absolute atomic E-state index is 14.7. The predicted octanol–water partition coefficient (Wildman–Crippen LogP) is 5.85. The first-order chi connectivity index (χ1) is 17.2. The van der Waals surface area contributed by atoms with E-state index < -0.39 is 21.9 Å². The van der Waals surface area contributed by atoms with Gasteiger partial charge < -0.3 is 5.11 Å². The third kappa shape index (κ3) is 4.59. The third-order valence-corrected chi connectivity index (χ3v) is 8.67. The normalized spacial score (nSPS) is 15.3. The molecule has 1 aliphatic rings. The van der Waals surface area contributed by atoms with E-state index in [4.69, 9.17) is 21.7 Å². The van der Waals surface area contributed by atoms with Crippen LogP contribution < -0.4 is 0 Å². The SMILES string of the molecule is O=C(O)C1CCN(S(=O)(=O)c2ccc(-c3cc(-c4ccccc4F)c4cc(Cl)ccc4n3)cc2)CC1. The van der Waals surface area contributed by atoms with Crippen molar-refractivity contribution >= 4 is 38.5 Å². The molecule has 6 nitrogen and oxygen atoms in total. The van der Waals surface area contributed by atoms with Crippen LogP contribution in [0.3, 0.4) is 0 Å². The van der Waals surface area contributed by atoms with E-state index in [-0.39, 0.29) is 36.6 Å². The number of fused-ring (bicyclic) bond motifs is 1. The first-order valence-electron chi connectivity index (χ1n) is 11.4. The summed E-state index contributed by atoms with van der Waals surface area (Å²) in [6.45, 7) is 0.337. The predicted molar refractivity (Wildman–Crippen MR) is 137 cm³/mol. The fourth-order valence-corrected chi connectivity index (χ4v) is 6.18. The van der Waals surface area contributed by atoms with Gasteiger partial charge in [-0.25, -0.2) is 17.8 Å². The number of aliphatic carboxylic acids is 1. The number of benzene rings is 3. The summed E-state index contributed by atoms with van der Waals surface area (Å²) in [6.07, 6.45) is 0.576. The lowest BCUT2D eigenvalue weighted by Crippen LogP contribution is -2.40. The molecule has 1 saturated heterocycles. The Balaban J connectivity index is 1.51. The number of hydrogen-bond acceptors (Lipinski definition) is 4. The van der Waals surface area contributed by atoms with Gasteiger partial charge in [-0.3, -0.25) is 4.79 Å². The Hall–Kier alpha value is -3.33. The van der Waals surface area contributed by atoms with Gasteiger partial charge in [0, 0.05) is 34.6 Å². The van der Waals surface area contributed by atoms with E-state index in [9.17, 15) is 17.6 Å². The molecule has 0 aliphatic carbocycles. The number of hydrogen-bond donors (Lipinski definition) is 1. The Kier molecular flexibility index (Phi) is 6.51. The van der Waals surface area contributed by atoms with Crippen molar-refractivity contribution in [3.8, 4) is 22.4 Å². The van der Waals surface area contributed by atoms with Gasteiger partial charge in [0.05, 0.1) is 22.0 Å². The quantitative estimate of drug-likeness (QED) is 0.354. The maximum atomic E-state index is 14.7. The Morgan fingerprint density at radius 2 is 1.67 bits per heavy atom. The molecule has 1 aliphatic heterocycles. The van der Waals surface area contributed by atoms with Crippen molar-refractivity contribution in [2.24, 2.45) is 5.92 Å². The second-order valence-electron chi connectivity index (χ2n) is 8.74. The van der Waals surface area contributed by atoms with Gasteiger partial charge in [0.25, 0.3) is 0 Å². The van der Waals surface area contributed by atoms with Crippen molar-refractivity contribution in [3.05, 3.63) is 83.6 Å². The van der Waals surface area contributed by atoms with Crippen molar-refractivity contribution in [2.45, 2.75) is 17.7 Å². The fourth-order valence-electron chi connectivity index (χ4n) is 4.54. The summed E-state index contributed by atoms with van der Waals surface area (Å²) in [6, 6.07) is 19.9. The number of piperidine rings is 1. The molecule has 0 saturated carbocycles. The van der Waals surface area contributed by atoms with Crippen molar-refractivity contribution in [1.29, 1.82) is 0 Å². The van der Waals surface area contributed by atoms with Gasteiger partial charge in [0.2, 0.25) is 10.0 Å². The first kappa shape index (κ1) is 24.4. The summed E-state index contributed by atoms with van der Waals surface area (Å²) >= 11 is 6.21. The van der Waals surface area contributed by atoms with E-state index in [2.05, 4.69) is 0 Å². The van der Waals surface area contributed by atoms with Gasteiger partial charge >= 0.3 is 5.97 Å². The molecule has 0 bridgehead atoms. The summed E-state index contributed by atoms with van der Waals surface area (Å²) in [5, 5.41) is 10.4. The lowest BCUT2D eigenvalue weighted by Gasteiger charge is -2.29. The molecule has 0 unspecified atom stereocenters. The zero-order valence-corrected chi connectivity index (χ0v) is 20.6. The molecule has 5 rings (SSSR count). The fraction of sp³-hybridized carbons (Fsp3) is 0.185. The van der Waals surface area contributed by atoms with Crippen molar-refractivity contribution in [3.63, 3.8) is 0 Å². The molecule has 9 heteroatoms. The third-order valence-electron chi connectivity index (χ3n) is 6.53.